The lowest BCUT2D eigenvalue weighted by molar-refractivity contribution is -0.187. The summed E-state index contributed by atoms with van der Waals surface area (Å²) in [6, 6.07) is 0. The number of carbonyl (C=O) groups excluding carboxylic acids is 1. The van der Waals surface area contributed by atoms with E-state index in [9.17, 15) is 4.79 Å². The average molecular weight is 256 g/mol. The van der Waals surface area contributed by atoms with Crippen LogP contribution in [0.5, 0.6) is 0 Å². The van der Waals surface area contributed by atoms with Gasteiger partial charge in [0.25, 0.3) is 0 Å². The van der Waals surface area contributed by atoms with Crippen LogP contribution in [0.4, 0.5) is 0 Å². The Kier molecular flexibility index (Phi) is 3.94. The van der Waals surface area contributed by atoms with E-state index >= 15 is 0 Å². The molecule has 0 unspecified atom stereocenters. The maximum absolute atomic E-state index is 11.8. The fraction of sp³-hybridized carbons (Fsp3) is 0.923. The zero-order valence-electron chi connectivity index (χ0n) is 11.3. The summed E-state index contributed by atoms with van der Waals surface area (Å²) in [5.41, 5.74) is 5.01. The minimum Gasteiger partial charge on any atom is -0.368 e. The molecule has 1 spiro atoms. The van der Waals surface area contributed by atoms with Gasteiger partial charge >= 0.3 is 0 Å². The van der Waals surface area contributed by atoms with E-state index < -0.39 is 11.3 Å². The maximum Gasteiger partial charge on any atom is 0.237 e. The van der Waals surface area contributed by atoms with Gasteiger partial charge in [0, 0.05) is 12.8 Å². The zero-order chi connectivity index (χ0) is 13.2. The molecule has 1 heterocycles. The monoisotopic (exact) mass is 256 g/mol. The van der Waals surface area contributed by atoms with Gasteiger partial charge in [-0.25, -0.2) is 0 Å². The fourth-order valence-corrected chi connectivity index (χ4v) is 2.75. The molecule has 5 heteroatoms. The van der Waals surface area contributed by atoms with E-state index in [1.807, 2.05) is 0 Å². The van der Waals surface area contributed by atoms with E-state index in [-0.39, 0.29) is 5.91 Å². The van der Waals surface area contributed by atoms with Gasteiger partial charge in [0.05, 0.1) is 18.8 Å². The van der Waals surface area contributed by atoms with Crippen molar-refractivity contribution >= 4 is 5.91 Å². The number of hydrogen-bond donors (Lipinski definition) is 2. The molecule has 3 N–H and O–H groups in total. The molecular weight excluding hydrogens is 232 g/mol. The Morgan fingerprint density at radius 3 is 2.22 bits per heavy atom. The standard InChI is InChI=1S/C13H24N2O3/c1-10(2)9-15-12(11(14)16)3-5-13(6-4-12)17-7-8-18-13/h10,15H,3-9H2,1-2H3,(H2,14,16). The number of rotatable bonds is 4. The van der Waals surface area contributed by atoms with Crippen LogP contribution in [0.1, 0.15) is 39.5 Å². The van der Waals surface area contributed by atoms with Crippen molar-refractivity contribution in [1.29, 1.82) is 0 Å². The number of carbonyl (C=O) groups is 1. The second-order valence-corrected chi connectivity index (χ2v) is 5.83. The highest BCUT2D eigenvalue weighted by Gasteiger charge is 2.48. The molecule has 1 aliphatic carbocycles. The first-order valence-electron chi connectivity index (χ1n) is 6.81. The molecule has 1 saturated heterocycles. The molecule has 0 aromatic heterocycles. The predicted octanol–water partition coefficient (Wildman–Crippen LogP) is 0.773. The third-order valence-electron chi connectivity index (χ3n) is 4.00. The maximum atomic E-state index is 11.8. The summed E-state index contributed by atoms with van der Waals surface area (Å²) in [7, 11) is 0. The molecule has 2 aliphatic rings. The molecule has 2 rings (SSSR count). The highest BCUT2D eigenvalue weighted by atomic mass is 16.7. The van der Waals surface area contributed by atoms with Crippen molar-refractivity contribution in [3.05, 3.63) is 0 Å². The van der Waals surface area contributed by atoms with E-state index in [1.54, 1.807) is 0 Å². The van der Waals surface area contributed by atoms with Gasteiger partial charge in [-0.05, 0) is 25.3 Å². The quantitative estimate of drug-likeness (QED) is 0.779. The number of primary amides is 1. The van der Waals surface area contributed by atoms with Gasteiger partial charge in [0.2, 0.25) is 5.91 Å². The molecular formula is C13H24N2O3. The largest absolute Gasteiger partial charge is 0.368 e. The molecule has 0 radical (unpaired) electrons. The predicted molar refractivity (Wildman–Crippen MR) is 67.9 cm³/mol. The van der Waals surface area contributed by atoms with Gasteiger partial charge in [0.15, 0.2) is 5.79 Å². The van der Waals surface area contributed by atoms with Crippen molar-refractivity contribution in [2.75, 3.05) is 19.8 Å². The van der Waals surface area contributed by atoms with Gasteiger partial charge in [-0.1, -0.05) is 13.8 Å². The summed E-state index contributed by atoms with van der Waals surface area (Å²) in [4.78, 5) is 11.8. The third kappa shape index (κ3) is 2.68. The highest BCUT2D eigenvalue weighted by Crippen LogP contribution is 2.40. The minimum atomic E-state index is -0.579. The number of ether oxygens (including phenoxy) is 2. The van der Waals surface area contributed by atoms with Crippen LogP contribution in [-0.4, -0.2) is 37.0 Å². The smallest absolute Gasteiger partial charge is 0.237 e. The van der Waals surface area contributed by atoms with Crippen molar-refractivity contribution < 1.29 is 14.3 Å². The number of nitrogens with one attached hydrogen (secondary N) is 1. The summed E-state index contributed by atoms with van der Waals surface area (Å²) in [6.45, 7) is 6.36. The molecule has 1 saturated carbocycles. The van der Waals surface area contributed by atoms with E-state index in [4.69, 9.17) is 15.2 Å². The molecule has 1 aliphatic heterocycles. The molecule has 0 bridgehead atoms. The van der Waals surface area contributed by atoms with E-state index in [2.05, 4.69) is 19.2 Å². The Morgan fingerprint density at radius 2 is 1.78 bits per heavy atom. The van der Waals surface area contributed by atoms with Gasteiger partial charge < -0.3 is 20.5 Å². The second kappa shape index (κ2) is 5.15. The van der Waals surface area contributed by atoms with Crippen LogP contribution in [0.15, 0.2) is 0 Å². The van der Waals surface area contributed by atoms with Crippen molar-refractivity contribution in [2.45, 2.75) is 50.9 Å². The molecule has 5 nitrogen and oxygen atoms in total. The van der Waals surface area contributed by atoms with Crippen molar-refractivity contribution in [3.63, 3.8) is 0 Å². The Morgan fingerprint density at radius 1 is 1.22 bits per heavy atom. The number of hydrogen-bond acceptors (Lipinski definition) is 4. The summed E-state index contributed by atoms with van der Waals surface area (Å²) in [5.74, 6) is -0.203. The van der Waals surface area contributed by atoms with E-state index in [0.29, 0.717) is 32.0 Å². The molecule has 2 fully saturated rings. The number of amides is 1. The highest BCUT2D eigenvalue weighted by molar-refractivity contribution is 5.84. The Hall–Kier alpha value is -0.650. The SMILES string of the molecule is CC(C)CNC1(C(N)=O)CCC2(CC1)OCCO2. The average Bonchev–Trinajstić information content (AvgIpc) is 2.77. The fourth-order valence-electron chi connectivity index (χ4n) is 2.75. The molecule has 104 valence electrons. The number of nitrogens with two attached hydrogens (primary N) is 1. The van der Waals surface area contributed by atoms with Crippen LogP contribution in [0, 0.1) is 5.92 Å². The lowest BCUT2D eigenvalue weighted by atomic mass is 9.78. The van der Waals surface area contributed by atoms with Crippen molar-refractivity contribution in [3.8, 4) is 0 Å². The van der Waals surface area contributed by atoms with Crippen LogP contribution in [-0.2, 0) is 14.3 Å². The van der Waals surface area contributed by atoms with Crippen LogP contribution >= 0.6 is 0 Å². The minimum absolute atomic E-state index is 0.254. The molecule has 0 aromatic carbocycles. The Labute approximate surface area is 108 Å². The van der Waals surface area contributed by atoms with Gasteiger partial charge in [-0.2, -0.15) is 0 Å². The summed E-state index contributed by atoms with van der Waals surface area (Å²) in [6.07, 6.45) is 2.85. The Balaban J connectivity index is 1.99. The summed E-state index contributed by atoms with van der Waals surface area (Å²) < 4.78 is 11.4. The molecule has 0 atom stereocenters. The van der Waals surface area contributed by atoms with Crippen LogP contribution < -0.4 is 11.1 Å². The van der Waals surface area contributed by atoms with E-state index in [0.717, 1.165) is 19.4 Å². The van der Waals surface area contributed by atoms with Crippen LogP contribution in [0.25, 0.3) is 0 Å². The summed E-state index contributed by atoms with van der Waals surface area (Å²) >= 11 is 0. The van der Waals surface area contributed by atoms with Crippen molar-refractivity contribution in [1.82, 2.24) is 5.32 Å². The van der Waals surface area contributed by atoms with Gasteiger partial charge in [-0.3, -0.25) is 4.79 Å². The van der Waals surface area contributed by atoms with Gasteiger partial charge in [0.1, 0.15) is 0 Å². The first-order valence-corrected chi connectivity index (χ1v) is 6.81. The normalized spacial score (nSPS) is 25.7. The topological polar surface area (TPSA) is 73.6 Å². The first kappa shape index (κ1) is 13.8. The molecule has 0 aromatic rings. The van der Waals surface area contributed by atoms with Crippen LogP contribution in [0.3, 0.4) is 0 Å². The Bertz CT molecular complexity index is 301. The molecule has 18 heavy (non-hydrogen) atoms. The summed E-state index contributed by atoms with van der Waals surface area (Å²) in [5, 5.41) is 3.35. The zero-order valence-corrected chi connectivity index (χ0v) is 11.3. The van der Waals surface area contributed by atoms with E-state index in [1.165, 1.54) is 0 Å². The third-order valence-corrected chi connectivity index (χ3v) is 4.00. The molecule has 1 amide bonds. The second-order valence-electron chi connectivity index (χ2n) is 5.83. The van der Waals surface area contributed by atoms with Crippen molar-refractivity contribution in [2.24, 2.45) is 11.7 Å². The lowest BCUT2D eigenvalue weighted by Gasteiger charge is -2.42. The van der Waals surface area contributed by atoms with Gasteiger partial charge in [-0.15, -0.1) is 0 Å². The lowest BCUT2D eigenvalue weighted by Crippen LogP contribution is -2.60. The first-order chi connectivity index (χ1) is 8.48. The van der Waals surface area contributed by atoms with Crippen LogP contribution in [0.2, 0.25) is 0 Å².